The second-order valence-corrected chi connectivity index (χ2v) is 7.21. The van der Waals surface area contributed by atoms with Crippen molar-refractivity contribution in [2.45, 2.75) is 31.5 Å². The number of rotatable bonds is 5. The maximum atomic E-state index is 13.2. The first-order valence-corrected chi connectivity index (χ1v) is 8.91. The number of benzene rings is 2. The van der Waals surface area contributed by atoms with Crippen molar-refractivity contribution in [1.82, 2.24) is 10.3 Å². The van der Waals surface area contributed by atoms with Crippen LogP contribution in [0.5, 0.6) is 0 Å². The van der Waals surface area contributed by atoms with Crippen molar-refractivity contribution in [3.63, 3.8) is 0 Å². The molecule has 4 nitrogen and oxygen atoms in total. The zero-order chi connectivity index (χ0) is 21.1. The van der Waals surface area contributed by atoms with Crippen molar-refractivity contribution in [2.75, 3.05) is 0 Å². The third-order valence-electron chi connectivity index (χ3n) is 4.52. The molecule has 3 aromatic rings. The molecule has 0 saturated carbocycles. The SMILES string of the molecule is CC(Cc1ccccc1)(CC(F)(F)F)NC(=O)c1cnc2cc(C#N)ccc2c1. The van der Waals surface area contributed by atoms with E-state index in [-0.39, 0.29) is 12.0 Å². The van der Waals surface area contributed by atoms with Gasteiger partial charge in [0.05, 0.1) is 34.7 Å². The Bertz CT molecular complexity index is 1070. The summed E-state index contributed by atoms with van der Waals surface area (Å²) in [5.41, 5.74) is 0.297. The lowest BCUT2D eigenvalue weighted by molar-refractivity contribution is -0.147. The highest BCUT2D eigenvalue weighted by Gasteiger charge is 2.40. The lowest BCUT2D eigenvalue weighted by atomic mass is 9.88. The summed E-state index contributed by atoms with van der Waals surface area (Å²) >= 11 is 0. The van der Waals surface area contributed by atoms with Crippen LogP contribution in [0.1, 0.15) is 34.8 Å². The lowest BCUT2D eigenvalue weighted by Crippen LogP contribution is -2.50. The summed E-state index contributed by atoms with van der Waals surface area (Å²) in [6, 6.07) is 17.1. The summed E-state index contributed by atoms with van der Waals surface area (Å²) in [5.74, 6) is -0.633. The second-order valence-electron chi connectivity index (χ2n) is 7.21. The number of hydrogen-bond donors (Lipinski definition) is 1. The van der Waals surface area contributed by atoms with Crippen LogP contribution in [0.25, 0.3) is 10.9 Å². The van der Waals surface area contributed by atoms with Gasteiger partial charge in [-0.1, -0.05) is 36.4 Å². The highest BCUT2D eigenvalue weighted by Crippen LogP contribution is 2.30. The first kappa shape index (κ1) is 20.3. The van der Waals surface area contributed by atoms with Crippen LogP contribution in [-0.4, -0.2) is 22.6 Å². The molecule has 1 aromatic heterocycles. The number of carbonyl (C=O) groups is 1. The van der Waals surface area contributed by atoms with Crippen molar-refractivity contribution in [3.8, 4) is 6.07 Å². The molecule has 1 N–H and O–H groups in total. The van der Waals surface area contributed by atoms with Crippen LogP contribution in [-0.2, 0) is 6.42 Å². The van der Waals surface area contributed by atoms with Gasteiger partial charge in [-0.2, -0.15) is 18.4 Å². The highest BCUT2D eigenvalue weighted by molar-refractivity contribution is 5.97. The number of alkyl halides is 3. The predicted molar refractivity (Wildman–Crippen MR) is 103 cm³/mol. The van der Waals surface area contributed by atoms with Gasteiger partial charge in [0, 0.05) is 11.6 Å². The largest absolute Gasteiger partial charge is 0.391 e. The Balaban J connectivity index is 1.87. The van der Waals surface area contributed by atoms with Crippen LogP contribution in [0.2, 0.25) is 0 Å². The minimum atomic E-state index is -4.44. The molecule has 0 aliphatic carbocycles. The summed E-state index contributed by atoms with van der Waals surface area (Å²) < 4.78 is 39.6. The van der Waals surface area contributed by atoms with Gasteiger partial charge in [-0.05, 0) is 37.1 Å². The van der Waals surface area contributed by atoms with Gasteiger partial charge in [0.15, 0.2) is 0 Å². The Morgan fingerprint density at radius 3 is 2.52 bits per heavy atom. The first-order valence-electron chi connectivity index (χ1n) is 8.91. The van der Waals surface area contributed by atoms with E-state index >= 15 is 0 Å². The van der Waals surface area contributed by atoms with E-state index < -0.39 is 24.0 Å². The Morgan fingerprint density at radius 2 is 1.86 bits per heavy atom. The molecule has 0 spiro atoms. The number of amides is 1. The zero-order valence-electron chi connectivity index (χ0n) is 15.6. The van der Waals surface area contributed by atoms with Gasteiger partial charge >= 0.3 is 6.18 Å². The maximum Gasteiger partial charge on any atom is 0.391 e. The predicted octanol–water partition coefficient (Wildman–Crippen LogP) is 4.79. The van der Waals surface area contributed by atoms with Crippen molar-refractivity contribution < 1.29 is 18.0 Å². The number of halogens is 3. The van der Waals surface area contributed by atoms with Crippen molar-refractivity contribution in [2.24, 2.45) is 0 Å². The lowest BCUT2D eigenvalue weighted by Gasteiger charge is -2.32. The molecule has 0 radical (unpaired) electrons. The Kier molecular flexibility index (Phi) is 5.55. The molecule has 2 aromatic carbocycles. The van der Waals surface area contributed by atoms with E-state index in [0.717, 1.165) is 0 Å². The molecule has 29 heavy (non-hydrogen) atoms. The third-order valence-corrected chi connectivity index (χ3v) is 4.52. The fraction of sp³-hybridized carbons (Fsp3) is 0.227. The van der Waals surface area contributed by atoms with Crippen LogP contribution >= 0.6 is 0 Å². The molecule has 0 bridgehead atoms. The molecular weight excluding hydrogens is 379 g/mol. The van der Waals surface area contributed by atoms with E-state index in [9.17, 15) is 18.0 Å². The van der Waals surface area contributed by atoms with Crippen LogP contribution < -0.4 is 5.32 Å². The number of aromatic nitrogens is 1. The molecule has 7 heteroatoms. The van der Waals surface area contributed by atoms with Crippen molar-refractivity contribution >= 4 is 16.8 Å². The van der Waals surface area contributed by atoms with Crippen LogP contribution in [0.15, 0.2) is 60.8 Å². The number of nitrogens with zero attached hydrogens (tertiary/aromatic N) is 2. The third kappa shape index (κ3) is 5.32. The van der Waals surface area contributed by atoms with E-state index in [0.29, 0.717) is 22.0 Å². The summed E-state index contributed by atoms with van der Waals surface area (Å²) in [7, 11) is 0. The molecule has 1 amide bonds. The van der Waals surface area contributed by atoms with Crippen LogP contribution in [0.3, 0.4) is 0 Å². The number of nitrogens with one attached hydrogen (secondary N) is 1. The summed E-state index contributed by atoms with van der Waals surface area (Å²) in [6.45, 7) is 1.39. The smallest absolute Gasteiger partial charge is 0.346 e. The first-order chi connectivity index (χ1) is 13.7. The van der Waals surface area contributed by atoms with Gasteiger partial charge in [0.1, 0.15) is 0 Å². The monoisotopic (exact) mass is 397 g/mol. The number of nitriles is 1. The highest BCUT2D eigenvalue weighted by atomic mass is 19.4. The quantitative estimate of drug-likeness (QED) is 0.673. The van der Waals surface area contributed by atoms with E-state index in [4.69, 9.17) is 5.26 Å². The molecule has 0 aliphatic rings. The van der Waals surface area contributed by atoms with Gasteiger partial charge < -0.3 is 5.32 Å². The van der Waals surface area contributed by atoms with Crippen molar-refractivity contribution in [1.29, 1.82) is 5.26 Å². The Morgan fingerprint density at radius 1 is 1.14 bits per heavy atom. The summed E-state index contributed by atoms with van der Waals surface area (Å²) in [4.78, 5) is 16.9. The number of fused-ring (bicyclic) bond motifs is 1. The number of pyridine rings is 1. The fourth-order valence-corrected chi connectivity index (χ4v) is 3.30. The van der Waals surface area contributed by atoms with E-state index in [1.165, 1.54) is 13.1 Å². The molecule has 1 atom stereocenters. The molecule has 3 rings (SSSR count). The Hall–Kier alpha value is -3.40. The summed E-state index contributed by atoms with van der Waals surface area (Å²) in [5, 5.41) is 12.1. The van der Waals surface area contributed by atoms with Gasteiger partial charge in [0.25, 0.3) is 5.91 Å². The maximum absolute atomic E-state index is 13.2. The fourth-order valence-electron chi connectivity index (χ4n) is 3.30. The molecule has 148 valence electrons. The molecular formula is C22H18F3N3O. The van der Waals surface area contributed by atoms with E-state index in [1.807, 2.05) is 6.07 Å². The average Bonchev–Trinajstić information content (AvgIpc) is 2.66. The van der Waals surface area contributed by atoms with Crippen LogP contribution in [0.4, 0.5) is 13.2 Å². The summed E-state index contributed by atoms with van der Waals surface area (Å²) in [6.07, 6.45) is -4.26. The van der Waals surface area contributed by atoms with Crippen molar-refractivity contribution in [3.05, 3.63) is 77.5 Å². The molecule has 0 fully saturated rings. The van der Waals surface area contributed by atoms with Crippen LogP contribution in [0, 0.1) is 11.3 Å². The average molecular weight is 397 g/mol. The zero-order valence-corrected chi connectivity index (χ0v) is 15.6. The van der Waals surface area contributed by atoms with Gasteiger partial charge in [-0.3, -0.25) is 9.78 Å². The topological polar surface area (TPSA) is 65.8 Å². The second kappa shape index (κ2) is 7.92. The number of carbonyl (C=O) groups excluding carboxylic acids is 1. The Labute approximate surface area is 166 Å². The molecule has 0 aliphatic heterocycles. The van der Waals surface area contributed by atoms with Gasteiger partial charge in [-0.25, -0.2) is 0 Å². The number of hydrogen-bond acceptors (Lipinski definition) is 3. The minimum Gasteiger partial charge on any atom is -0.346 e. The molecule has 1 heterocycles. The van der Waals surface area contributed by atoms with Gasteiger partial charge in [-0.15, -0.1) is 0 Å². The standard InChI is InChI=1S/C22H18F3N3O/c1-21(14-22(23,24)25,11-15-5-3-2-4-6-15)28-20(29)18-10-17-8-7-16(12-26)9-19(17)27-13-18/h2-10,13H,11,14H2,1H3,(H,28,29). The normalized spacial score (nSPS) is 13.5. The van der Waals surface area contributed by atoms with E-state index in [2.05, 4.69) is 10.3 Å². The molecule has 1 unspecified atom stereocenters. The minimum absolute atomic E-state index is 0.0334. The van der Waals surface area contributed by atoms with Gasteiger partial charge in [0.2, 0.25) is 0 Å². The molecule has 0 saturated heterocycles. The van der Waals surface area contributed by atoms with E-state index in [1.54, 1.807) is 54.6 Å².